The molecule has 3 aromatic rings. The van der Waals surface area contributed by atoms with Gasteiger partial charge in [0, 0.05) is 12.5 Å². The lowest BCUT2D eigenvalue weighted by Crippen LogP contribution is -2.34. The highest BCUT2D eigenvalue weighted by atomic mass is 16.5. The van der Waals surface area contributed by atoms with Crippen molar-refractivity contribution in [3.63, 3.8) is 0 Å². The maximum atomic E-state index is 12.6. The molecule has 144 valence electrons. The summed E-state index contributed by atoms with van der Waals surface area (Å²) in [5, 5.41) is 2.88. The first-order valence-corrected chi connectivity index (χ1v) is 8.43. The van der Waals surface area contributed by atoms with E-state index < -0.39 is 24.4 Å². The highest BCUT2D eigenvalue weighted by Crippen LogP contribution is 2.24. The van der Waals surface area contributed by atoms with Gasteiger partial charge < -0.3 is 13.9 Å². The van der Waals surface area contributed by atoms with Crippen molar-refractivity contribution in [1.82, 2.24) is 10.3 Å². The fourth-order valence-electron chi connectivity index (χ4n) is 2.79. The quantitative estimate of drug-likeness (QED) is 0.652. The molecule has 0 aliphatic rings. The second-order valence-corrected chi connectivity index (χ2v) is 5.94. The summed E-state index contributed by atoms with van der Waals surface area (Å²) in [6.07, 6.45) is 1.31. The number of carbonyl (C=O) groups excluding carboxylic acids is 3. The number of methoxy groups -OCH3 is 1. The zero-order chi connectivity index (χ0) is 20.1. The van der Waals surface area contributed by atoms with Crippen LogP contribution in [0.15, 0.2) is 47.1 Å². The number of esters is 1. The molecule has 2 amide bonds. The van der Waals surface area contributed by atoms with Crippen molar-refractivity contribution in [3.8, 4) is 0 Å². The third kappa shape index (κ3) is 4.07. The van der Waals surface area contributed by atoms with E-state index in [1.54, 1.807) is 6.92 Å². The lowest BCUT2D eigenvalue weighted by molar-refractivity contribution is -0.123. The molecule has 0 atom stereocenters. The monoisotopic (exact) mass is 382 g/mol. The summed E-state index contributed by atoms with van der Waals surface area (Å²) in [6.45, 7) is 1.27. The van der Waals surface area contributed by atoms with Crippen LogP contribution in [-0.2, 0) is 20.9 Å². The Hall–Kier alpha value is -3.52. The van der Waals surface area contributed by atoms with Crippen LogP contribution in [0.25, 0.3) is 10.9 Å². The SMILES string of the molecule is COCc1nc2ccccc2c(C)c1C(=O)OCC(=O)NC(=O)c1ccco1. The molecule has 1 aromatic carbocycles. The number of carbonyl (C=O) groups is 3. The highest BCUT2D eigenvalue weighted by Gasteiger charge is 2.21. The van der Waals surface area contributed by atoms with E-state index in [2.05, 4.69) is 10.3 Å². The number of hydrogen-bond donors (Lipinski definition) is 1. The van der Waals surface area contributed by atoms with Crippen molar-refractivity contribution < 1.29 is 28.3 Å². The Bertz CT molecular complexity index is 1030. The van der Waals surface area contributed by atoms with Gasteiger partial charge in [0.1, 0.15) is 0 Å². The molecule has 0 saturated heterocycles. The first kappa shape index (κ1) is 19.2. The van der Waals surface area contributed by atoms with E-state index in [1.807, 2.05) is 24.3 Å². The van der Waals surface area contributed by atoms with Crippen molar-refractivity contribution >= 4 is 28.7 Å². The van der Waals surface area contributed by atoms with Crippen molar-refractivity contribution in [2.75, 3.05) is 13.7 Å². The highest BCUT2D eigenvalue weighted by molar-refractivity contribution is 6.04. The van der Waals surface area contributed by atoms with Crippen LogP contribution in [0.2, 0.25) is 0 Å². The first-order chi connectivity index (χ1) is 13.5. The number of amides is 2. The molecule has 8 nitrogen and oxygen atoms in total. The van der Waals surface area contributed by atoms with Gasteiger partial charge in [0.2, 0.25) is 0 Å². The number of furan rings is 1. The molecule has 28 heavy (non-hydrogen) atoms. The molecule has 0 bridgehead atoms. The van der Waals surface area contributed by atoms with Gasteiger partial charge in [-0.15, -0.1) is 0 Å². The smallest absolute Gasteiger partial charge is 0.340 e. The third-order valence-corrected chi connectivity index (χ3v) is 4.04. The Balaban J connectivity index is 1.75. The molecule has 0 spiro atoms. The number of rotatable bonds is 6. The molecular formula is C20H18N2O6. The first-order valence-electron chi connectivity index (χ1n) is 8.43. The van der Waals surface area contributed by atoms with Crippen molar-refractivity contribution in [3.05, 3.63) is 65.2 Å². The van der Waals surface area contributed by atoms with Crippen LogP contribution in [0.3, 0.4) is 0 Å². The van der Waals surface area contributed by atoms with Crippen LogP contribution in [-0.4, -0.2) is 36.5 Å². The van der Waals surface area contributed by atoms with Crippen LogP contribution in [0.4, 0.5) is 0 Å². The van der Waals surface area contributed by atoms with E-state index in [0.29, 0.717) is 11.3 Å². The fraction of sp³-hybridized carbons (Fsp3) is 0.200. The van der Waals surface area contributed by atoms with Gasteiger partial charge in [-0.05, 0) is 30.7 Å². The summed E-state index contributed by atoms with van der Waals surface area (Å²) in [5.74, 6) is -2.22. The Kier molecular flexibility index (Phi) is 5.81. The average molecular weight is 382 g/mol. The molecule has 0 unspecified atom stereocenters. The summed E-state index contributed by atoms with van der Waals surface area (Å²) in [5.41, 5.74) is 2.06. The predicted molar refractivity (Wildman–Crippen MR) is 98.7 cm³/mol. The Morgan fingerprint density at radius 2 is 1.93 bits per heavy atom. The Labute approximate surface area is 160 Å². The Morgan fingerprint density at radius 3 is 2.64 bits per heavy atom. The largest absolute Gasteiger partial charge is 0.459 e. The second kappa shape index (κ2) is 8.45. The second-order valence-electron chi connectivity index (χ2n) is 5.94. The van der Waals surface area contributed by atoms with Crippen molar-refractivity contribution in [2.24, 2.45) is 0 Å². The molecule has 3 rings (SSSR count). The van der Waals surface area contributed by atoms with Crippen molar-refractivity contribution in [1.29, 1.82) is 0 Å². The maximum absolute atomic E-state index is 12.6. The van der Waals surface area contributed by atoms with Gasteiger partial charge in [0.05, 0.1) is 29.6 Å². The van der Waals surface area contributed by atoms with Crippen LogP contribution in [0, 0.1) is 6.92 Å². The van der Waals surface area contributed by atoms with Gasteiger partial charge in [-0.1, -0.05) is 18.2 Å². The number of benzene rings is 1. The van der Waals surface area contributed by atoms with Gasteiger partial charge >= 0.3 is 5.97 Å². The van der Waals surface area contributed by atoms with Gasteiger partial charge in [-0.3, -0.25) is 14.9 Å². The van der Waals surface area contributed by atoms with E-state index in [0.717, 1.165) is 10.9 Å². The van der Waals surface area contributed by atoms with E-state index >= 15 is 0 Å². The van der Waals surface area contributed by atoms with E-state index in [9.17, 15) is 14.4 Å². The number of para-hydroxylation sites is 1. The number of ether oxygens (including phenoxy) is 2. The van der Waals surface area contributed by atoms with Gasteiger partial charge in [0.25, 0.3) is 11.8 Å². The van der Waals surface area contributed by atoms with Gasteiger partial charge in [-0.2, -0.15) is 0 Å². The summed E-state index contributed by atoms with van der Waals surface area (Å²) in [7, 11) is 1.50. The zero-order valence-corrected chi connectivity index (χ0v) is 15.4. The lowest BCUT2D eigenvalue weighted by Gasteiger charge is -2.13. The summed E-state index contributed by atoms with van der Waals surface area (Å²) in [6, 6.07) is 10.3. The van der Waals surface area contributed by atoms with Crippen LogP contribution < -0.4 is 5.32 Å². The number of fused-ring (bicyclic) bond motifs is 1. The molecule has 0 aliphatic heterocycles. The van der Waals surface area contributed by atoms with Crippen LogP contribution in [0.1, 0.15) is 32.2 Å². The molecule has 0 aliphatic carbocycles. The fourth-order valence-corrected chi connectivity index (χ4v) is 2.79. The van der Waals surface area contributed by atoms with E-state index in [-0.39, 0.29) is 17.9 Å². The molecular weight excluding hydrogens is 364 g/mol. The van der Waals surface area contributed by atoms with Crippen LogP contribution in [0.5, 0.6) is 0 Å². The average Bonchev–Trinajstić information content (AvgIpc) is 3.22. The molecule has 0 radical (unpaired) electrons. The number of aromatic nitrogens is 1. The maximum Gasteiger partial charge on any atom is 0.340 e. The summed E-state index contributed by atoms with van der Waals surface area (Å²) >= 11 is 0. The van der Waals surface area contributed by atoms with Gasteiger partial charge in [0.15, 0.2) is 12.4 Å². The molecule has 0 fully saturated rings. The van der Waals surface area contributed by atoms with Gasteiger partial charge in [-0.25, -0.2) is 9.78 Å². The number of nitrogens with zero attached hydrogens (tertiary/aromatic N) is 1. The minimum atomic E-state index is -0.769. The van der Waals surface area contributed by atoms with Crippen molar-refractivity contribution in [2.45, 2.75) is 13.5 Å². The molecule has 1 N–H and O–H groups in total. The molecule has 8 heteroatoms. The van der Waals surface area contributed by atoms with Crippen LogP contribution >= 0.6 is 0 Å². The predicted octanol–water partition coefficient (Wildman–Crippen LogP) is 2.40. The topological polar surface area (TPSA) is 108 Å². The molecule has 0 saturated carbocycles. The summed E-state index contributed by atoms with van der Waals surface area (Å²) < 4.78 is 15.1. The standard InChI is InChI=1S/C20H18N2O6/c1-12-13-6-3-4-7-14(13)21-15(10-26-2)18(12)20(25)28-11-17(23)22-19(24)16-8-5-9-27-16/h3-9H,10-11H2,1-2H3,(H,22,23,24). The zero-order valence-electron chi connectivity index (χ0n) is 15.4. The summed E-state index contributed by atoms with van der Waals surface area (Å²) in [4.78, 5) is 40.8. The number of nitrogens with one attached hydrogen (secondary N) is 1. The minimum absolute atomic E-state index is 0.0170. The number of imide groups is 1. The number of hydrogen-bond acceptors (Lipinski definition) is 7. The third-order valence-electron chi connectivity index (χ3n) is 4.04. The van der Waals surface area contributed by atoms with E-state index in [1.165, 1.54) is 25.5 Å². The number of pyridine rings is 1. The molecule has 2 aromatic heterocycles. The van der Waals surface area contributed by atoms with E-state index in [4.69, 9.17) is 13.9 Å². The Morgan fingerprint density at radius 1 is 1.14 bits per heavy atom. The lowest BCUT2D eigenvalue weighted by atomic mass is 10.0. The number of aryl methyl sites for hydroxylation is 1. The molecule has 2 heterocycles. The minimum Gasteiger partial charge on any atom is -0.459 e. The normalized spacial score (nSPS) is 10.6.